The Balaban J connectivity index is 1.85. The van der Waals surface area contributed by atoms with Gasteiger partial charge in [0, 0.05) is 23.1 Å². The van der Waals surface area contributed by atoms with E-state index in [0.717, 1.165) is 27.7 Å². The third kappa shape index (κ3) is 3.48. The standard InChI is InChI=1S/C20H20ClNO4/c1-11-5-14-13(10-26-17(14)6-12(11)2)7-20(23)22-16-9-18(24-3)15(21)8-19(16)25-4/h5-6,8-10H,7H2,1-4H3,(H,22,23). The molecule has 5 nitrogen and oxygen atoms in total. The summed E-state index contributed by atoms with van der Waals surface area (Å²) in [7, 11) is 3.03. The van der Waals surface area contributed by atoms with E-state index < -0.39 is 0 Å². The Hall–Kier alpha value is -2.66. The Morgan fingerprint density at radius 3 is 2.46 bits per heavy atom. The highest BCUT2D eigenvalue weighted by molar-refractivity contribution is 6.32. The third-order valence-corrected chi connectivity index (χ3v) is 4.66. The maximum atomic E-state index is 12.5. The maximum absolute atomic E-state index is 12.5. The van der Waals surface area contributed by atoms with Gasteiger partial charge in [0.1, 0.15) is 17.1 Å². The number of rotatable bonds is 5. The normalized spacial score (nSPS) is 10.8. The van der Waals surface area contributed by atoms with Crippen LogP contribution in [-0.4, -0.2) is 20.1 Å². The Morgan fingerprint density at radius 2 is 1.77 bits per heavy atom. The van der Waals surface area contributed by atoms with Gasteiger partial charge in [0.15, 0.2) is 0 Å². The van der Waals surface area contributed by atoms with E-state index in [2.05, 4.69) is 5.32 Å². The van der Waals surface area contributed by atoms with Gasteiger partial charge < -0.3 is 19.2 Å². The summed E-state index contributed by atoms with van der Waals surface area (Å²) in [6, 6.07) is 7.28. The molecule has 2 aromatic carbocycles. The second-order valence-electron chi connectivity index (χ2n) is 6.11. The Kier molecular flexibility index (Phi) is 5.09. The summed E-state index contributed by atoms with van der Waals surface area (Å²) in [6.07, 6.45) is 1.81. The lowest BCUT2D eigenvalue weighted by atomic mass is 10.0. The monoisotopic (exact) mass is 373 g/mol. The fourth-order valence-electron chi connectivity index (χ4n) is 2.80. The van der Waals surface area contributed by atoms with Crippen LogP contribution in [0.15, 0.2) is 34.9 Å². The summed E-state index contributed by atoms with van der Waals surface area (Å²) < 4.78 is 16.1. The minimum absolute atomic E-state index is 0.184. The molecular formula is C20H20ClNO4. The molecule has 6 heteroatoms. The van der Waals surface area contributed by atoms with Crippen LogP contribution < -0.4 is 14.8 Å². The van der Waals surface area contributed by atoms with E-state index in [1.54, 1.807) is 18.4 Å². The molecule has 0 spiro atoms. The molecule has 3 rings (SSSR count). The first-order chi connectivity index (χ1) is 12.4. The molecule has 0 aliphatic carbocycles. The van der Waals surface area contributed by atoms with Crippen LogP contribution in [0.1, 0.15) is 16.7 Å². The molecule has 0 aliphatic rings. The van der Waals surface area contributed by atoms with E-state index >= 15 is 0 Å². The molecule has 0 aliphatic heterocycles. The van der Waals surface area contributed by atoms with Gasteiger partial charge in [-0.25, -0.2) is 0 Å². The van der Waals surface area contributed by atoms with Crippen molar-refractivity contribution < 1.29 is 18.7 Å². The molecule has 0 unspecified atom stereocenters. The van der Waals surface area contributed by atoms with Gasteiger partial charge in [-0.05, 0) is 37.1 Å². The van der Waals surface area contributed by atoms with E-state index in [1.165, 1.54) is 14.2 Å². The van der Waals surface area contributed by atoms with Crippen LogP contribution in [0.5, 0.6) is 11.5 Å². The topological polar surface area (TPSA) is 60.7 Å². The number of fused-ring (bicyclic) bond motifs is 1. The number of ether oxygens (including phenoxy) is 2. The molecule has 0 saturated heterocycles. The zero-order chi connectivity index (χ0) is 18.8. The number of halogens is 1. The number of amides is 1. The number of anilines is 1. The second-order valence-corrected chi connectivity index (χ2v) is 6.51. The first kappa shape index (κ1) is 18.1. The highest BCUT2D eigenvalue weighted by Crippen LogP contribution is 2.36. The van der Waals surface area contributed by atoms with Gasteiger partial charge in [-0.2, -0.15) is 0 Å². The smallest absolute Gasteiger partial charge is 0.229 e. The molecule has 1 aromatic heterocycles. The molecule has 0 bridgehead atoms. The lowest BCUT2D eigenvalue weighted by molar-refractivity contribution is -0.115. The van der Waals surface area contributed by atoms with Crippen LogP contribution in [0.3, 0.4) is 0 Å². The predicted molar refractivity (Wildman–Crippen MR) is 103 cm³/mol. The highest BCUT2D eigenvalue weighted by atomic mass is 35.5. The molecular weight excluding hydrogens is 354 g/mol. The number of aryl methyl sites for hydroxylation is 2. The number of furan rings is 1. The highest BCUT2D eigenvalue weighted by Gasteiger charge is 2.15. The molecule has 0 saturated carbocycles. The van der Waals surface area contributed by atoms with Crippen molar-refractivity contribution in [3.8, 4) is 11.5 Å². The lowest BCUT2D eigenvalue weighted by Gasteiger charge is -2.13. The Labute approximate surface area is 156 Å². The van der Waals surface area contributed by atoms with Gasteiger partial charge in [-0.15, -0.1) is 0 Å². The van der Waals surface area contributed by atoms with Crippen molar-refractivity contribution in [2.75, 3.05) is 19.5 Å². The predicted octanol–water partition coefficient (Wildman–Crippen LogP) is 4.90. The molecule has 1 amide bonds. The molecule has 26 heavy (non-hydrogen) atoms. The number of nitrogens with one attached hydrogen (secondary N) is 1. The summed E-state index contributed by atoms with van der Waals surface area (Å²) in [5, 5.41) is 4.21. The molecule has 136 valence electrons. The van der Waals surface area contributed by atoms with Crippen molar-refractivity contribution in [2.45, 2.75) is 20.3 Å². The molecule has 3 aromatic rings. The summed E-state index contributed by atoms with van der Waals surface area (Å²) >= 11 is 6.09. The van der Waals surface area contributed by atoms with E-state index in [-0.39, 0.29) is 12.3 Å². The Morgan fingerprint density at radius 1 is 1.08 bits per heavy atom. The van der Waals surface area contributed by atoms with E-state index in [1.807, 2.05) is 26.0 Å². The summed E-state index contributed by atoms with van der Waals surface area (Å²) in [5.74, 6) is 0.740. The van der Waals surface area contributed by atoms with E-state index in [9.17, 15) is 4.79 Å². The summed E-state index contributed by atoms with van der Waals surface area (Å²) in [6.45, 7) is 4.07. The van der Waals surface area contributed by atoms with Crippen LogP contribution in [0.2, 0.25) is 5.02 Å². The molecule has 0 radical (unpaired) electrons. The van der Waals surface area contributed by atoms with Gasteiger partial charge in [-0.3, -0.25) is 4.79 Å². The van der Waals surface area contributed by atoms with Crippen LogP contribution in [-0.2, 0) is 11.2 Å². The zero-order valence-electron chi connectivity index (χ0n) is 15.1. The molecule has 0 atom stereocenters. The summed E-state index contributed by atoms with van der Waals surface area (Å²) in [5.41, 5.74) is 4.42. The van der Waals surface area contributed by atoms with Crippen molar-refractivity contribution in [2.24, 2.45) is 0 Å². The summed E-state index contributed by atoms with van der Waals surface area (Å²) in [4.78, 5) is 12.5. The van der Waals surface area contributed by atoms with Crippen molar-refractivity contribution in [1.29, 1.82) is 0 Å². The van der Waals surface area contributed by atoms with Crippen molar-refractivity contribution in [1.82, 2.24) is 0 Å². The fraction of sp³-hybridized carbons (Fsp3) is 0.250. The number of carbonyl (C=O) groups excluding carboxylic acids is 1. The zero-order valence-corrected chi connectivity index (χ0v) is 15.9. The average molecular weight is 374 g/mol. The van der Waals surface area contributed by atoms with Crippen molar-refractivity contribution >= 4 is 34.2 Å². The molecule has 0 fully saturated rings. The number of hydrogen-bond donors (Lipinski definition) is 1. The number of hydrogen-bond acceptors (Lipinski definition) is 4. The SMILES string of the molecule is COc1cc(NC(=O)Cc2coc3cc(C)c(C)cc23)c(OC)cc1Cl. The lowest BCUT2D eigenvalue weighted by Crippen LogP contribution is -2.15. The first-order valence-electron chi connectivity index (χ1n) is 8.11. The van der Waals surface area contributed by atoms with Gasteiger partial charge in [0.2, 0.25) is 5.91 Å². The van der Waals surface area contributed by atoms with Gasteiger partial charge in [-0.1, -0.05) is 11.6 Å². The molecule has 1 heterocycles. The molecule has 1 N–H and O–H groups in total. The van der Waals surface area contributed by atoms with Gasteiger partial charge in [0.25, 0.3) is 0 Å². The van der Waals surface area contributed by atoms with Gasteiger partial charge >= 0.3 is 0 Å². The first-order valence-corrected chi connectivity index (χ1v) is 8.49. The van der Waals surface area contributed by atoms with Gasteiger partial charge in [0.05, 0.1) is 37.6 Å². The average Bonchev–Trinajstić information content (AvgIpc) is 2.98. The second kappa shape index (κ2) is 7.30. The number of methoxy groups -OCH3 is 2. The number of benzene rings is 2. The maximum Gasteiger partial charge on any atom is 0.229 e. The largest absolute Gasteiger partial charge is 0.495 e. The van der Waals surface area contributed by atoms with E-state index in [0.29, 0.717) is 22.2 Å². The third-order valence-electron chi connectivity index (χ3n) is 4.37. The van der Waals surface area contributed by atoms with Crippen LogP contribution in [0.25, 0.3) is 11.0 Å². The van der Waals surface area contributed by atoms with Crippen LogP contribution in [0.4, 0.5) is 5.69 Å². The van der Waals surface area contributed by atoms with E-state index in [4.69, 9.17) is 25.5 Å². The fourth-order valence-corrected chi connectivity index (χ4v) is 3.03. The minimum Gasteiger partial charge on any atom is -0.495 e. The van der Waals surface area contributed by atoms with Crippen LogP contribution >= 0.6 is 11.6 Å². The van der Waals surface area contributed by atoms with Crippen molar-refractivity contribution in [3.63, 3.8) is 0 Å². The van der Waals surface area contributed by atoms with Crippen molar-refractivity contribution in [3.05, 3.63) is 52.2 Å². The minimum atomic E-state index is -0.186. The Bertz CT molecular complexity index is 978. The number of carbonyl (C=O) groups is 1. The van der Waals surface area contributed by atoms with Crippen LogP contribution in [0, 0.1) is 13.8 Å². The quantitative estimate of drug-likeness (QED) is 0.690.